The summed E-state index contributed by atoms with van der Waals surface area (Å²) in [6.07, 6.45) is 0.775. The quantitative estimate of drug-likeness (QED) is 0.843. The molecule has 1 heterocycles. The van der Waals surface area contributed by atoms with Gasteiger partial charge in [-0.1, -0.05) is 29.8 Å². The zero-order valence-electron chi connectivity index (χ0n) is 10.6. The largest absolute Gasteiger partial charge is 0.383 e. The van der Waals surface area contributed by atoms with Gasteiger partial charge in [-0.25, -0.2) is 0 Å². The summed E-state index contributed by atoms with van der Waals surface area (Å²) in [4.78, 5) is 0. The molecule has 5 heteroatoms. The van der Waals surface area contributed by atoms with Gasteiger partial charge in [-0.3, -0.25) is 5.10 Å². The molecule has 0 spiro atoms. The van der Waals surface area contributed by atoms with Gasteiger partial charge in [-0.05, 0) is 24.7 Å². The van der Waals surface area contributed by atoms with Crippen LogP contribution in [0.4, 0.5) is 0 Å². The van der Waals surface area contributed by atoms with Gasteiger partial charge < -0.3 is 9.30 Å². The van der Waals surface area contributed by atoms with E-state index in [4.69, 9.17) is 17.0 Å². The Morgan fingerprint density at radius 2 is 2.06 bits per heavy atom. The number of ether oxygens (including phenoxy) is 1. The van der Waals surface area contributed by atoms with Crippen molar-refractivity contribution in [2.24, 2.45) is 0 Å². The second-order valence-corrected chi connectivity index (χ2v) is 4.64. The number of aromatic nitrogens is 3. The van der Waals surface area contributed by atoms with Gasteiger partial charge in [0.25, 0.3) is 0 Å². The summed E-state index contributed by atoms with van der Waals surface area (Å²) in [7, 11) is 1.68. The number of hydrogen-bond acceptors (Lipinski definition) is 3. The lowest BCUT2D eigenvalue weighted by atomic mass is 10.1. The molecule has 0 aliphatic heterocycles. The molecule has 0 bridgehead atoms. The lowest BCUT2D eigenvalue weighted by molar-refractivity contribution is 0.186. The minimum absolute atomic E-state index is 0.634. The van der Waals surface area contributed by atoms with E-state index in [2.05, 4.69) is 41.4 Å². The van der Waals surface area contributed by atoms with Crippen LogP contribution in [0.15, 0.2) is 24.3 Å². The van der Waals surface area contributed by atoms with E-state index >= 15 is 0 Å². The second-order valence-electron chi connectivity index (χ2n) is 4.25. The molecule has 0 saturated carbocycles. The van der Waals surface area contributed by atoms with Gasteiger partial charge in [0.05, 0.1) is 6.61 Å². The average molecular weight is 263 g/mol. The first kappa shape index (κ1) is 13.0. The van der Waals surface area contributed by atoms with Crippen LogP contribution >= 0.6 is 12.2 Å². The smallest absolute Gasteiger partial charge is 0.195 e. The lowest BCUT2D eigenvalue weighted by Crippen LogP contribution is -2.09. The Balaban J connectivity index is 2.18. The SMILES string of the molecule is COCCn1c(Cc2ccc(C)cc2)n[nH]c1=S. The van der Waals surface area contributed by atoms with Crippen molar-refractivity contribution >= 4 is 12.2 Å². The van der Waals surface area contributed by atoms with Crippen LogP contribution in [0, 0.1) is 11.7 Å². The van der Waals surface area contributed by atoms with Crippen LogP contribution in [0.1, 0.15) is 17.0 Å². The van der Waals surface area contributed by atoms with Crippen molar-refractivity contribution in [1.82, 2.24) is 14.8 Å². The van der Waals surface area contributed by atoms with Gasteiger partial charge >= 0.3 is 0 Å². The van der Waals surface area contributed by atoms with Crippen molar-refractivity contribution in [1.29, 1.82) is 0 Å². The van der Waals surface area contributed by atoms with Crippen LogP contribution in [0.3, 0.4) is 0 Å². The van der Waals surface area contributed by atoms with E-state index in [0.717, 1.165) is 18.8 Å². The van der Waals surface area contributed by atoms with Crippen molar-refractivity contribution in [3.05, 3.63) is 46.0 Å². The Labute approximate surface area is 112 Å². The van der Waals surface area contributed by atoms with E-state index in [1.807, 2.05) is 4.57 Å². The maximum Gasteiger partial charge on any atom is 0.195 e. The number of hydrogen-bond donors (Lipinski definition) is 1. The van der Waals surface area contributed by atoms with Crippen molar-refractivity contribution in [2.45, 2.75) is 19.9 Å². The monoisotopic (exact) mass is 263 g/mol. The molecule has 0 atom stereocenters. The minimum Gasteiger partial charge on any atom is -0.383 e. The third-order valence-corrected chi connectivity index (χ3v) is 3.15. The molecule has 0 saturated heterocycles. The molecular weight excluding hydrogens is 246 g/mol. The van der Waals surface area contributed by atoms with Crippen LogP contribution in [0.2, 0.25) is 0 Å². The fraction of sp³-hybridized carbons (Fsp3) is 0.385. The normalized spacial score (nSPS) is 10.8. The highest BCUT2D eigenvalue weighted by atomic mass is 32.1. The molecule has 1 aromatic heterocycles. The molecule has 2 aromatic rings. The van der Waals surface area contributed by atoms with Crippen LogP contribution in [0.25, 0.3) is 0 Å². The number of aromatic amines is 1. The van der Waals surface area contributed by atoms with Gasteiger partial charge in [0.1, 0.15) is 5.82 Å². The Morgan fingerprint density at radius 1 is 1.33 bits per heavy atom. The maximum absolute atomic E-state index is 5.21. The molecule has 4 nitrogen and oxygen atoms in total. The maximum atomic E-state index is 5.21. The summed E-state index contributed by atoms with van der Waals surface area (Å²) in [5.41, 5.74) is 2.49. The predicted octanol–water partition coefficient (Wildman–Crippen LogP) is 2.49. The van der Waals surface area contributed by atoms with E-state index in [1.165, 1.54) is 11.1 Å². The number of nitrogens with zero attached hydrogens (tertiary/aromatic N) is 2. The minimum atomic E-state index is 0.634. The van der Waals surface area contributed by atoms with Crippen molar-refractivity contribution < 1.29 is 4.74 Å². The molecule has 0 aliphatic rings. The molecule has 0 radical (unpaired) electrons. The highest BCUT2D eigenvalue weighted by Crippen LogP contribution is 2.09. The van der Waals surface area contributed by atoms with Gasteiger partial charge in [-0.2, -0.15) is 5.10 Å². The van der Waals surface area contributed by atoms with Crippen LogP contribution in [0.5, 0.6) is 0 Å². The summed E-state index contributed by atoms with van der Waals surface area (Å²) in [6, 6.07) is 8.45. The summed E-state index contributed by atoms with van der Waals surface area (Å²) < 4.78 is 7.71. The van der Waals surface area contributed by atoms with Crippen molar-refractivity contribution in [3.63, 3.8) is 0 Å². The molecule has 2 rings (SSSR count). The van der Waals surface area contributed by atoms with Gasteiger partial charge in [0.15, 0.2) is 4.77 Å². The van der Waals surface area contributed by atoms with Crippen LogP contribution in [-0.4, -0.2) is 28.5 Å². The van der Waals surface area contributed by atoms with Crippen LogP contribution in [-0.2, 0) is 17.7 Å². The third kappa shape index (κ3) is 3.05. The van der Waals surface area contributed by atoms with Gasteiger partial charge in [0.2, 0.25) is 0 Å². The molecule has 0 fully saturated rings. The fourth-order valence-electron chi connectivity index (χ4n) is 1.79. The Hall–Kier alpha value is -1.46. The molecule has 0 unspecified atom stereocenters. The number of benzene rings is 1. The number of rotatable bonds is 5. The molecule has 1 N–H and O–H groups in total. The summed E-state index contributed by atoms with van der Waals surface area (Å²) in [6.45, 7) is 3.44. The Kier molecular flexibility index (Phi) is 4.28. The lowest BCUT2D eigenvalue weighted by Gasteiger charge is -2.06. The second kappa shape index (κ2) is 5.93. The Morgan fingerprint density at radius 3 is 2.72 bits per heavy atom. The van der Waals surface area contributed by atoms with E-state index in [0.29, 0.717) is 11.4 Å². The summed E-state index contributed by atoms with van der Waals surface area (Å²) >= 11 is 5.21. The highest BCUT2D eigenvalue weighted by molar-refractivity contribution is 7.71. The predicted molar refractivity (Wildman–Crippen MR) is 73.3 cm³/mol. The average Bonchev–Trinajstić information content (AvgIpc) is 2.71. The molecule has 0 aliphatic carbocycles. The number of aryl methyl sites for hydroxylation is 1. The van der Waals surface area contributed by atoms with E-state index in [9.17, 15) is 0 Å². The van der Waals surface area contributed by atoms with E-state index in [-0.39, 0.29) is 0 Å². The molecule has 1 aromatic carbocycles. The van der Waals surface area contributed by atoms with Crippen molar-refractivity contribution in [3.8, 4) is 0 Å². The van der Waals surface area contributed by atoms with E-state index < -0.39 is 0 Å². The van der Waals surface area contributed by atoms with Crippen LogP contribution < -0.4 is 0 Å². The highest BCUT2D eigenvalue weighted by Gasteiger charge is 2.06. The summed E-state index contributed by atoms with van der Waals surface area (Å²) in [5.74, 6) is 0.945. The standard InChI is InChI=1S/C13H17N3OS/c1-10-3-5-11(6-4-10)9-12-14-15-13(18)16(12)7-8-17-2/h3-6H,7-9H2,1-2H3,(H,15,18). The first-order valence-corrected chi connectivity index (χ1v) is 6.30. The topological polar surface area (TPSA) is 42.8 Å². The first-order chi connectivity index (χ1) is 8.70. The number of H-pyrrole nitrogens is 1. The van der Waals surface area contributed by atoms with Crippen molar-refractivity contribution in [2.75, 3.05) is 13.7 Å². The number of nitrogens with one attached hydrogen (secondary N) is 1. The number of methoxy groups -OCH3 is 1. The van der Waals surface area contributed by atoms with Gasteiger partial charge in [-0.15, -0.1) is 0 Å². The fourth-order valence-corrected chi connectivity index (χ4v) is 2.03. The molecule has 96 valence electrons. The molecule has 0 amide bonds. The molecule has 18 heavy (non-hydrogen) atoms. The molecular formula is C13H17N3OS. The first-order valence-electron chi connectivity index (χ1n) is 5.89. The van der Waals surface area contributed by atoms with Gasteiger partial charge in [0, 0.05) is 20.1 Å². The third-order valence-electron chi connectivity index (χ3n) is 2.84. The summed E-state index contributed by atoms with van der Waals surface area (Å²) in [5, 5.41) is 7.11. The zero-order valence-corrected chi connectivity index (χ0v) is 11.5. The Bertz CT molecular complexity index is 556. The zero-order chi connectivity index (χ0) is 13.0. The van der Waals surface area contributed by atoms with E-state index in [1.54, 1.807) is 7.11 Å².